The van der Waals surface area contributed by atoms with Crippen LogP contribution < -0.4 is 5.32 Å². The van der Waals surface area contributed by atoms with Crippen LogP contribution in [0.5, 0.6) is 0 Å². The predicted octanol–water partition coefficient (Wildman–Crippen LogP) is 6.17. The molecule has 2 heterocycles. The fourth-order valence-corrected chi connectivity index (χ4v) is 5.05. The zero-order valence-corrected chi connectivity index (χ0v) is 15.8. The second-order valence-electron chi connectivity index (χ2n) is 6.41. The Labute approximate surface area is 155 Å². The minimum absolute atomic E-state index is 0.274. The molecule has 1 aliphatic carbocycles. The summed E-state index contributed by atoms with van der Waals surface area (Å²) in [6.45, 7) is 4.30. The minimum Gasteiger partial charge on any atom is -0.339 e. The maximum absolute atomic E-state index is 6.24. The minimum atomic E-state index is 0.274. The Balaban J connectivity index is 1.87. The van der Waals surface area contributed by atoms with E-state index in [4.69, 9.17) is 23.2 Å². The van der Waals surface area contributed by atoms with Gasteiger partial charge in [-0.05, 0) is 67.0 Å². The van der Waals surface area contributed by atoms with Crippen LogP contribution in [0.25, 0.3) is 10.2 Å². The first-order chi connectivity index (χ1) is 11.5. The van der Waals surface area contributed by atoms with E-state index in [0.29, 0.717) is 0 Å². The van der Waals surface area contributed by atoms with Crippen molar-refractivity contribution < 1.29 is 0 Å². The van der Waals surface area contributed by atoms with Gasteiger partial charge in [0.05, 0.1) is 5.39 Å². The molecule has 0 saturated carbocycles. The molecule has 3 nitrogen and oxygen atoms in total. The smallest absolute Gasteiger partial charge is 0.225 e. The van der Waals surface area contributed by atoms with Crippen molar-refractivity contribution >= 4 is 56.3 Å². The van der Waals surface area contributed by atoms with Gasteiger partial charge in [-0.2, -0.15) is 4.98 Å². The number of thiophene rings is 1. The maximum Gasteiger partial charge on any atom is 0.225 e. The van der Waals surface area contributed by atoms with Gasteiger partial charge in [0.25, 0.3) is 0 Å². The number of rotatable bonds is 2. The summed E-state index contributed by atoms with van der Waals surface area (Å²) in [5, 5.41) is 5.56. The average Bonchev–Trinajstić information content (AvgIpc) is 2.88. The molecule has 0 fully saturated rings. The van der Waals surface area contributed by atoms with Gasteiger partial charge in [-0.25, -0.2) is 4.98 Å². The second-order valence-corrected chi connectivity index (χ2v) is 8.24. The van der Waals surface area contributed by atoms with E-state index in [-0.39, 0.29) is 5.28 Å². The van der Waals surface area contributed by atoms with Crippen LogP contribution in [0, 0.1) is 12.8 Å². The van der Waals surface area contributed by atoms with Gasteiger partial charge in [-0.3, -0.25) is 0 Å². The number of hydrogen-bond acceptors (Lipinski definition) is 4. The summed E-state index contributed by atoms with van der Waals surface area (Å²) in [6, 6.07) is 5.82. The molecule has 0 bridgehead atoms. The third-order valence-electron chi connectivity index (χ3n) is 4.65. The molecule has 4 rings (SSSR count). The SMILES string of the molecule is Cc1c(Cl)cccc1Nc1nc(Cl)nc2sc3c(c12)CCC(C)C3. The fraction of sp³-hybridized carbons (Fsp3) is 0.333. The van der Waals surface area contributed by atoms with Crippen molar-refractivity contribution in [1.29, 1.82) is 0 Å². The molecule has 0 spiro atoms. The highest BCUT2D eigenvalue weighted by Crippen LogP contribution is 2.41. The molecule has 1 atom stereocenters. The molecule has 0 amide bonds. The van der Waals surface area contributed by atoms with E-state index in [1.165, 1.54) is 16.9 Å². The number of halogens is 2. The first kappa shape index (κ1) is 16.1. The molecule has 1 unspecified atom stereocenters. The molecule has 1 N–H and O–H groups in total. The van der Waals surface area contributed by atoms with Crippen molar-refractivity contribution in [2.45, 2.75) is 33.1 Å². The van der Waals surface area contributed by atoms with E-state index in [9.17, 15) is 0 Å². The molecule has 1 aliphatic rings. The standard InChI is InChI=1S/C18H17Cl2N3S/c1-9-6-7-11-14(8-9)24-17-15(11)16(22-18(20)23-17)21-13-5-3-4-12(19)10(13)2/h3-5,9H,6-8H2,1-2H3,(H,21,22,23). The van der Waals surface area contributed by atoms with Crippen molar-refractivity contribution in [3.63, 3.8) is 0 Å². The zero-order chi connectivity index (χ0) is 16.8. The lowest BCUT2D eigenvalue weighted by Gasteiger charge is -2.18. The number of aromatic nitrogens is 2. The van der Waals surface area contributed by atoms with Crippen molar-refractivity contribution in [2.75, 3.05) is 5.32 Å². The largest absolute Gasteiger partial charge is 0.339 e. The number of fused-ring (bicyclic) bond motifs is 3. The fourth-order valence-electron chi connectivity index (χ4n) is 3.28. The van der Waals surface area contributed by atoms with Gasteiger partial charge in [-0.15, -0.1) is 11.3 Å². The average molecular weight is 378 g/mol. The molecule has 2 aromatic heterocycles. The lowest BCUT2D eigenvalue weighted by atomic mass is 9.89. The quantitative estimate of drug-likeness (QED) is 0.542. The number of hydrogen-bond donors (Lipinski definition) is 1. The summed E-state index contributed by atoms with van der Waals surface area (Å²) in [4.78, 5) is 11.3. The molecule has 0 saturated heterocycles. The molecule has 1 aromatic carbocycles. The lowest BCUT2D eigenvalue weighted by Crippen LogP contribution is -2.09. The number of aryl methyl sites for hydroxylation is 1. The van der Waals surface area contributed by atoms with Crippen molar-refractivity contribution in [3.8, 4) is 0 Å². The summed E-state index contributed by atoms with van der Waals surface area (Å²) < 4.78 is 0. The third-order valence-corrected chi connectivity index (χ3v) is 6.38. The first-order valence-electron chi connectivity index (χ1n) is 8.03. The predicted molar refractivity (Wildman–Crippen MR) is 103 cm³/mol. The number of benzene rings is 1. The highest BCUT2D eigenvalue weighted by Gasteiger charge is 2.24. The molecular formula is C18H17Cl2N3S. The van der Waals surface area contributed by atoms with Crippen LogP contribution in [0.4, 0.5) is 11.5 Å². The van der Waals surface area contributed by atoms with E-state index >= 15 is 0 Å². The zero-order valence-electron chi connectivity index (χ0n) is 13.5. The second kappa shape index (κ2) is 6.17. The van der Waals surface area contributed by atoms with Gasteiger partial charge in [0.1, 0.15) is 10.6 Å². The monoisotopic (exact) mass is 377 g/mol. The molecule has 124 valence electrons. The van der Waals surface area contributed by atoms with E-state index in [2.05, 4.69) is 22.2 Å². The van der Waals surface area contributed by atoms with E-state index in [1.807, 2.05) is 25.1 Å². The Morgan fingerprint density at radius 3 is 2.92 bits per heavy atom. The Bertz CT molecular complexity index is 936. The molecule has 0 aliphatic heterocycles. The third kappa shape index (κ3) is 2.77. The Hall–Kier alpha value is -1.36. The highest BCUT2D eigenvalue weighted by atomic mass is 35.5. The van der Waals surface area contributed by atoms with Gasteiger partial charge in [0.2, 0.25) is 5.28 Å². The Morgan fingerprint density at radius 2 is 2.08 bits per heavy atom. The highest BCUT2D eigenvalue weighted by molar-refractivity contribution is 7.19. The van der Waals surface area contributed by atoms with Crippen LogP contribution in [-0.4, -0.2) is 9.97 Å². The van der Waals surface area contributed by atoms with Crippen LogP contribution >= 0.6 is 34.5 Å². The van der Waals surface area contributed by atoms with E-state index < -0.39 is 0 Å². The molecular weight excluding hydrogens is 361 g/mol. The van der Waals surface area contributed by atoms with Crippen LogP contribution in [0.1, 0.15) is 29.3 Å². The normalized spacial score (nSPS) is 17.1. The van der Waals surface area contributed by atoms with Crippen LogP contribution in [0.15, 0.2) is 18.2 Å². The number of nitrogens with zero attached hydrogens (tertiary/aromatic N) is 2. The van der Waals surface area contributed by atoms with Crippen molar-refractivity contribution in [1.82, 2.24) is 9.97 Å². The van der Waals surface area contributed by atoms with Gasteiger partial charge < -0.3 is 5.32 Å². The first-order valence-corrected chi connectivity index (χ1v) is 9.60. The summed E-state index contributed by atoms with van der Waals surface area (Å²) in [6.07, 6.45) is 3.39. The Morgan fingerprint density at radius 1 is 1.25 bits per heavy atom. The molecule has 3 aromatic rings. The topological polar surface area (TPSA) is 37.8 Å². The van der Waals surface area contributed by atoms with Crippen molar-refractivity contribution in [2.24, 2.45) is 5.92 Å². The maximum atomic E-state index is 6.24. The van der Waals surface area contributed by atoms with Gasteiger partial charge >= 0.3 is 0 Å². The van der Waals surface area contributed by atoms with Crippen LogP contribution in [0.3, 0.4) is 0 Å². The summed E-state index contributed by atoms with van der Waals surface area (Å²) in [5.74, 6) is 1.50. The van der Waals surface area contributed by atoms with Crippen LogP contribution in [-0.2, 0) is 12.8 Å². The van der Waals surface area contributed by atoms with Crippen molar-refractivity contribution in [3.05, 3.63) is 44.5 Å². The lowest BCUT2D eigenvalue weighted by molar-refractivity contribution is 0.509. The molecule has 24 heavy (non-hydrogen) atoms. The summed E-state index contributed by atoms with van der Waals surface area (Å²) in [7, 11) is 0. The molecule has 0 radical (unpaired) electrons. The number of anilines is 2. The van der Waals surface area contributed by atoms with Gasteiger partial charge in [-0.1, -0.05) is 24.6 Å². The summed E-state index contributed by atoms with van der Waals surface area (Å²) in [5.41, 5.74) is 3.33. The van der Waals surface area contributed by atoms with E-state index in [0.717, 1.165) is 51.1 Å². The van der Waals surface area contributed by atoms with E-state index in [1.54, 1.807) is 11.3 Å². The Kier molecular flexibility index (Phi) is 4.15. The van der Waals surface area contributed by atoms with Crippen LogP contribution in [0.2, 0.25) is 10.3 Å². The van der Waals surface area contributed by atoms with Gasteiger partial charge in [0.15, 0.2) is 0 Å². The van der Waals surface area contributed by atoms with Gasteiger partial charge in [0, 0.05) is 15.6 Å². The summed E-state index contributed by atoms with van der Waals surface area (Å²) >= 11 is 14.2. The number of nitrogens with one attached hydrogen (secondary N) is 1. The molecule has 6 heteroatoms.